The van der Waals surface area contributed by atoms with Crippen LogP contribution in [0.5, 0.6) is 5.75 Å². The second-order valence-corrected chi connectivity index (χ2v) is 4.62. The van der Waals surface area contributed by atoms with Crippen molar-refractivity contribution in [3.8, 4) is 11.4 Å². The zero-order valence-corrected chi connectivity index (χ0v) is 12.0. The number of hydrogen-bond donors (Lipinski definition) is 0. The molecule has 0 saturated heterocycles. The number of carbonyl (C=O) groups is 2. The van der Waals surface area contributed by atoms with Crippen LogP contribution in [-0.2, 0) is 4.79 Å². The third-order valence-electron chi connectivity index (χ3n) is 3.04. The Bertz CT molecular complexity index is 661. The van der Waals surface area contributed by atoms with Crippen LogP contribution in [0.1, 0.15) is 21.7 Å². The number of aldehydes is 1. The van der Waals surface area contributed by atoms with Gasteiger partial charge in [-0.05, 0) is 32.0 Å². The fraction of sp³-hybridized carbons (Fsp3) is 0.200. The number of aryl methyl sites for hydroxylation is 1. The molecule has 4 nitrogen and oxygen atoms in total. The molecule has 0 aliphatic heterocycles. The lowest BCUT2D eigenvalue weighted by Crippen LogP contribution is -2.11. The van der Waals surface area contributed by atoms with Crippen molar-refractivity contribution in [2.24, 2.45) is 0 Å². The molecular formula is C15H14ClNO3. The first-order valence-electron chi connectivity index (χ1n) is 6.08. The summed E-state index contributed by atoms with van der Waals surface area (Å²) in [6, 6.07) is 8.93. The molecule has 0 fully saturated rings. The fourth-order valence-electron chi connectivity index (χ4n) is 2.16. The number of alkyl halides is 1. The third kappa shape index (κ3) is 2.60. The summed E-state index contributed by atoms with van der Waals surface area (Å²) in [7, 11) is 0. The van der Waals surface area contributed by atoms with Crippen molar-refractivity contribution >= 4 is 23.9 Å². The molecule has 0 unspecified atom stereocenters. The Morgan fingerprint density at radius 3 is 2.65 bits per heavy atom. The number of nitrogens with zero attached hydrogens (tertiary/aromatic N) is 1. The quantitative estimate of drug-likeness (QED) is 0.376. The van der Waals surface area contributed by atoms with Crippen LogP contribution in [-0.4, -0.2) is 22.7 Å². The first-order valence-corrected chi connectivity index (χ1v) is 6.62. The number of ether oxygens (including phenoxy) is 1. The maximum absolute atomic E-state index is 11.4. The Hall–Kier alpha value is -2.07. The maximum atomic E-state index is 11.4. The summed E-state index contributed by atoms with van der Waals surface area (Å²) in [5.74, 6) is -0.313. The van der Waals surface area contributed by atoms with Gasteiger partial charge in [0.2, 0.25) is 0 Å². The van der Waals surface area contributed by atoms with E-state index in [1.807, 2.05) is 30.5 Å². The molecule has 0 N–H and O–H groups in total. The molecule has 2 rings (SSSR count). The van der Waals surface area contributed by atoms with Crippen molar-refractivity contribution < 1.29 is 14.3 Å². The minimum absolute atomic E-state index is 0.211. The second kappa shape index (κ2) is 5.92. The van der Waals surface area contributed by atoms with Crippen LogP contribution in [0, 0.1) is 13.8 Å². The van der Waals surface area contributed by atoms with E-state index >= 15 is 0 Å². The number of aromatic nitrogens is 1. The van der Waals surface area contributed by atoms with Crippen molar-refractivity contribution in [3.05, 3.63) is 47.3 Å². The Kier molecular flexibility index (Phi) is 4.25. The lowest BCUT2D eigenvalue weighted by Gasteiger charge is -2.14. The molecule has 0 atom stereocenters. The van der Waals surface area contributed by atoms with Gasteiger partial charge in [0.05, 0.1) is 5.69 Å². The second-order valence-electron chi connectivity index (χ2n) is 4.36. The van der Waals surface area contributed by atoms with Crippen LogP contribution in [0.2, 0.25) is 0 Å². The highest BCUT2D eigenvalue weighted by Gasteiger charge is 2.15. The molecule has 0 saturated carbocycles. The van der Waals surface area contributed by atoms with Gasteiger partial charge in [-0.1, -0.05) is 12.1 Å². The van der Waals surface area contributed by atoms with Gasteiger partial charge in [0.1, 0.15) is 5.88 Å². The molecule has 1 heterocycles. The van der Waals surface area contributed by atoms with Gasteiger partial charge in [-0.25, -0.2) is 0 Å². The zero-order chi connectivity index (χ0) is 14.7. The van der Waals surface area contributed by atoms with E-state index in [0.717, 1.165) is 17.7 Å². The molecule has 104 valence electrons. The number of para-hydroxylation sites is 2. The van der Waals surface area contributed by atoms with E-state index in [1.165, 1.54) is 0 Å². The van der Waals surface area contributed by atoms with Crippen LogP contribution in [0.25, 0.3) is 5.69 Å². The number of hydrogen-bond acceptors (Lipinski definition) is 3. The molecule has 0 spiro atoms. The Morgan fingerprint density at radius 2 is 2.05 bits per heavy atom. The molecule has 0 amide bonds. The number of rotatable bonds is 4. The van der Waals surface area contributed by atoms with Gasteiger partial charge in [0, 0.05) is 17.0 Å². The van der Waals surface area contributed by atoms with E-state index < -0.39 is 5.97 Å². The van der Waals surface area contributed by atoms with Crippen LogP contribution in [0.15, 0.2) is 30.3 Å². The molecule has 1 aromatic heterocycles. The standard InChI is InChI=1S/C15H14ClNO3/c1-10-7-12(9-18)11(2)17(10)13-5-3-4-6-14(13)20-15(19)8-16/h3-7,9H,8H2,1-2H3. The van der Waals surface area contributed by atoms with Gasteiger partial charge in [-0.3, -0.25) is 9.59 Å². The lowest BCUT2D eigenvalue weighted by molar-refractivity contribution is -0.131. The number of benzene rings is 1. The van der Waals surface area contributed by atoms with Gasteiger partial charge in [-0.15, -0.1) is 11.6 Å². The SMILES string of the molecule is Cc1cc(C=O)c(C)n1-c1ccccc1OC(=O)CCl. The first kappa shape index (κ1) is 14.3. The van der Waals surface area contributed by atoms with Crippen molar-refractivity contribution in [1.82, 2.24) is 4.57 Å². The van der Waals surface area contributed by atoms with Crippen molar-refractivity contribution in [3.63, 3.8) is 0 Å². The minimum Gasteiger partial charge on any atom is -0.423 e. The van der Waals surface area contributed by atoms with Crippen molar-refractivity contribution in [2.75, 3.05) is 5.88 Å². The molecule has 20 heavy (non-hydrogen) atoms. The highest BCUT2D eigenvalue weighted by Crippen LogP contribution is 2.27. The average molecular weight is 292 g/mol. The number of halogens is 1. The normalized spacial score (nSPS) is 10.3. The molecular weight excluding hydrogens is 278 g/mol. The van der Waals surface area contributed by atoms with Crippen molar-refractivity contribution in [1.29, 1.82) is 0 Å². The highest BCUT2D eigenvalue weighted by atomic mass is 35.5. The van der Waals surface area contributed by atoms with Crippen LogP contribution >= 0.6 is 11.6 Å². The van der Waals surface area contributed by atoms with Gasteiger partial charge in [0.25, 0.3) is 0 Å². The number of esters is 1. The van der Waals surface area contributed by atoms with Gasteiger partial charge in [0.15, 0.2) is 12.0 Å². The van der Waals surface area contributed by atoms with Crippen molar-refractivity contribution in [2.45, 2.75) is 13.8 Å². The third-order valence-corrected chi connectivity index (χ3v) is 3.25. The van der Waals surface area contributed by atoms with Crippen LogP contribution in [0.3, 0.4) is 0 Å². The summed E-state index contributed by atoms with van der Waals surface area (Å²) in [6.45, 7) is 3.73. The summed E-state index contributed by atoms with van der Waals surface area (Å²) in [5, 5.41) is 0. The molecule has 0 aliphatic carbocycles. The topological polar surface area (TPSA) is 48.3 Å². The van der Waals surface area contributed by atoms with Gasteiger partial charge < -0.3 is 9.30 Å². The molecule has 0 radical (unpaired) electrons. The number of carbonyl (C=O) groups excluding carboxylic acids is 2. The molecule has 0 bridgehead atoms. The molecule has 5 heteroatoms. The summed E-state index contributed by atoms with van der Waals surface area (Å²) < 4.78 is 7.10. The summed E-state index contributed by atoms with van der Waals surface area (Å²) in [4.78, 5) is 22.4. The van der Waals surface area contributed by atoms with E-state index in [1.54, 1.807) is 18.2 Å². The smallest absolute Gasteiger partial charge is 0.326 e. The fourth-order valence-corrected chi connectivity index (χ4v) is 2.21. The van der Waals surface area contributed by atoms with Crippen LogP contribution < -0.4 is 4.74 Å². The highest BCUT2D eigenvalue weighted by molar-refractivity contribution is 6.26. The van der Waals surface area contributed by atoms with Crippen LogP contribution in [0.4, 0.5) is 0 Å². The average Bonchev–Trinajstić information content (AvgIpc) is 2.74. The Morgan fingerprint density at radius 1 is 1.35 bits per heavy atom. The van der Waals surface area contributed by atoms with E-state index in [0.29, 0.717) is 17.0 Å². The van der Waals surface area contributed by atoms with E-state index in [2.05, 4.69) is 0 Å². The van der Waals surface area contributed by atoms with E-state index in [-0.39, 0.29) is 5.88 Å². The molecule has 2 aromatic rings. The van der Waals surface area contributed by atoms with E-state index in [4.69, 9.17) is 16.3 Å². The van der Waals surface area contributed by atoms with Gasteiger partial charge >= 0.3 is 5.97 Å². The molecule has 0 aliphatic rings. The summed E-state index contributed by atoms with van der Waals surface area (Å²) in [5.41, 5.74) is 3.00. The lowest BCUT2D eigenvalue weighted by atomic mass is 10.2. The zero-order valence-electron chi connectivity index (χ0n) is 11.2. The first-order chi connectivity index (χ1) is 9.58. The van der Waals surface area contributed by atoms with E-state index in [9.17, 15) is 9.59 Å². The Balaban J connectivity index is 2.56. The predicted octanol–water partition coefficient (Wildman–Crippen LogP) is 3.05. The largest absolute Gasteiger partial charge is 0.423 e. The predicted molar refractivity (Wildman–Crippen MR) is 77.0 cm³/mol. The monoisotopic (exact) mass is 291 g/mol. The Labute approximate surface area is 121 Å². The summed E-state index contributed by atoms with van der Waals surface area (Å²) in [6.07, 6.45) is 0.812. The minimum atomic E-state index is -0.516. The summed E-state index contributed by atoms with van der Waals surface area (Å²) >= 11 is 5.46. The maximum Gasteiger partial charge on any atom is 0.326 e. The molecule has 1 aromatic carbocycles. The van der Waals surface area contributed by atoms with Gasteiger partial charge in [-0.2, -0.15) is 0 Å².